The molecule has 0 fully saturated rings. The highest BCUT2D eigenvalue weighted by molar-refractivity contribution is 5.62. The van der Waals surface area contributed by atoms with Crippen molar-refractivity contribution in [1.29, 1.82) is 5.26 Å². The number of nitro benzene ring substituents is 1. The summed E-state index contributed by atoms with van der Waals surface area (Å²) < 4.78 is 1.51. The van der Waals surface area contributed by atoms with Gasteiger partial charge in [0.1, 0.15) is 11.6 Å². The van der Waals surface area contributed by atoms with Gasteiger partial charge in [-0.3, -0.25) is 14.9 Å². The van der Waals surface area contributed by atoms with E-state index in [0.717, 1.165) is 0 Å². The van der Waals surface area contributed by atoms with Gasteiger partial charge in [0.05, 0.1) is 10.6 Å². The SMILES string of the molecule is CC(C)n1c(-c2ccc([N+](=O)[O-])cc2)ccc(C#N)c1=O. The summed E-state index contributed by atoms with van der Waals surface area (Å²) in [4.78, 5) is 22.4. The molecule has 0 bridgehead atoms. The normalized spacial score (nSPS) is 10.4. The molecular formula is C15H13N3O3. The van der Waals surface area contributed by atoms with Crippen LogP contribution >= 0.6 is 0 Å². The zero-order valence-electron chi connectivity index (χ0n) is 11.6. The Kier molecular flexibility index (Phi) is 3.85. The van der Waals surface area contributed by atoms with E-state index in [-0.39, 0.29) is 22.9 Å². The topological polar surface area (TPSA) is 88.9 Å². The molecule has 0 N–H and O–H groups in total. The predicted octanol–water partition coefficient (Wildman–Crippen LogP) is 2.88. The van der Waals surface area contributed by atoms with Crippen molar-refractivity contribution in [2.45, 2.75) is 19.9 Å². The van der Waals surface area contributed by atoms with Gasteiger partial charge in [-0.2, -0.15) is 5.26 Å². The minimum Gasteiger partial charge on any atom is -0.305 e. The second-order valence-corrected chi connectivity index (χ2v) is 4.82. The van der Waals surface area contributed by atoms with Gasteiger partial charge in [-0.1, -0.05) is 0 Å². The summed E-state index contributed by atoms with van der Waals surface area (Å²) in [6, 6.07) is 10.9. The molecule has 0 saturated carbocycles. The molecule has 2 aromatic rings. The molecule has 21 heavy (non-hydrogen) atoms. The molecule has 6 nitrogen and oxygen atoms in total. The molecule has 0 unspecified atom stereocenters. The number of pyridine rings is 1. The van der Waals surface area contributed by atoms with Gasteiger partial charge >= 0.3 is 0 Å². The van der Waals surface area contributed by atoms with Crippen LogP contribution in [0.2, 0.25) is 0 Å². The summed E-state index contributed by atoms with van der Waals surface area (Å²) in [6.07, 6.45) is 0. The Balaban J connectivity index is 2.64. The quantitative estimate of drug-likeness (QED) is 0.640. The summed E-state index contributed by atoms with van der Waals surface area (Å²) in [5.41, 5.74) is 1.03. The smallest absolute Gasteiger partial charge is 0.269 e. The third-order valence-corrected chi connectivity index (χ3v) is 3.13. The average Bonchev–Trinajstić information content (AvgIpc) is 2.46. The van der Waals surface area contributed by atoms with E-state index < -0.39 is 4.92 Å². The lowest BCUT2D eigenvalue weighted by atomic mass is 10.1. The van der Waals surface area contributed by atoms with Crippen LogP contribution in [0.3, 0.4) is 0 Å². The predicted molar refractivity (Wildman–Crippen MR) is 77.9 cm³/mol. The van der Waals surface area contributed by atoms with Crippen molar-refractivity contribution in [3.05, 3.63) is 62.4 Å². The molecule has 0 aliphatic heterocycles. The zero-order valence-corrected chi connectivity index (χ0v) is 11.6. The number of nitrogens with zero attached hydrogens (tertiary/aromatic N) is 3. The van der Waals surface area contributed by atoms with Crippen molar-refractivity contribution < 1.29 is 4.92 Å². The van der Waals surface area contributed by atoms with Crippen molar-refractivity contribution >= 4 is 5.69 Å². The van der Waals surface area contributed by atoms with Crippen molar-refractivity contribution in [2.75, 3.05) is 0 Å². The number of non-ortho nitro benzene ring substituents is 1. The first-order valence-electron chi connectivity index (χ1n) is 6.36. The molecule has 0 aliphatic rings. The molecule has 0 radical (unpaired) electrons. The minimum atomic E-state index is -0.474. The Bertz CT molecular complexity index is 783. The maximum atomic E-state index is 12.2. The van der Waals surface area contributed by atoms with Crippen LogP contribution in [0.5, 0.6) is 0 Å². The van der Waals surface area contributed by atoms with Gasteiger partial charge in [0.15, 0.2) is 0 Å². The number of nitriles is 1. The number of hydrogen-bond acceptors (Lipinski definition) is 4. The molecule has 1 heterocycles. The van der Waals surface area contributed by atoms with Gasteiger partial charge in [0.2, 0.25) is 0 Å². The van der Waals surface area contributed by atoms with E-state index in [9.17, 15) is 14.9 Å². The molecule has 0 aliphatic carbocycles. The lowest BCUT2D eigenvalue weighted by Crippen LogP contribution is -2.25. The van der Waals surface area contributed by atoms with Gasteiger partial charge in [-0.25, -0.2) is 0 Å². The molecular weight excluding hydrogens is 270 g/mol. The van der Waals surface area contributed by atoms with Gasteiger partial charge in [0, 0.05) is 18.2 Å². The summed E-state index contributed by atoms with van der Waals surface area (Å²) in [6.45, 7) is 3.69. The second kappa shape index (κ2) is 5.59. The maximum absolute atomic E-state index is 12.2. The van der Waals surface area contributed by atoms with Gasteiger partial charge in [-0.05, 0) is 43.7 Å². The summed E-state index contributed by atoms with van der Waals surface area (Å²) in [5, 5.41) is 19.6. The second-order valence-electron chi connectivity index (χ2n) is 4.82. The van der Waals surface area contributed by atoms with Crippen molar-refractivity contribution in [1.82, 2.24) is 4.57 Å². The first-order chi connectivity index (χ1) is 9.95. The third kappa shape index (κ3) is 2.67. The van der Waals surface area contributed by atoms with E-state index in [4.69, 9.17) is 5.26 Å². The number of hydrogen-bond donors (Lipinski definition) is 0. The molecule has 2 rings (SSSR count). The first-order valence-corrected chi connectivity index (χ1v) is 6.36. The highest BCUT2D eigenvalue weighted by Crippen LogP contribution is 2.23. The fourth-order valence-electron chi connectivity index (χ4n) is 2.14. The Labute approximate surface area is 121 Å². The van der Waals surface area contributed by atoms with Crippen molar-refractivity contribution in [3.8, 4) is 17.3 Å². The minimum absolute atomic E-state index is 0.00848. The zero-order chi connectivity index (χ0) is 15.6. The van der Waals surface area contributed by atoms with E-state index >= 15 is 0 Å². The fourth-order valence-corrected chi connectivity index (χ4v) is 2.14. The van der Waals surface area contributed by atoms with Gasteiger partial charge in [0.25, 0.3) is 11.2 Å². The highest BCUT2D eigenvalue weighted by atomic mass is 16.6. The largest absolute Gasteiger partial charge is 0.305 e. The van der Waals surface area contributed by atoms with E-state index in [0.29, 0.717) is 11.3 Å². The number of benzene rings is 1. The van der Waals surface area contributed by atoms with E-state index in [1.807, 2.05) is 19.9 Å². The van der Waals surface area contributed by atoms with Crippen LogP contribution in [-0.4, -0.2) is 9.49 Å². The van der Waals surface area contributed by atoms with E-state index in [1.54, 1.807) is 18.2 Å². The molecule has 0 saturated heterocycles. The Morgan fingerprint density at radius 1 is 1.19 bits per heavy atom. The van der Waals surface area contributed by atoms with Crippen molar-refractivity contribution in [3.63, 3.8) is 0 Å². The van der Waals surface area contributed by atoms with Gasteiger partial charge in [-0.15, -0.1) is 0 Å². The van der Waals surface area contributed by atoms with E-state index in [2.05, 4.69) is 0 Å². The van der Waals surface area contributed by atoms with E-state index in [1.165, 1.54) is 22.8 Å². The lowest BCUT2D eigenvalue weighted by Gasteiger charge is -2.16. The van der Waals surface area contributed by atoms with Crippen LogP contribution in [-0.2, 0) is 0 Å². The monoisotopic (exact) mass is 283 g/mol. The summed E-state index contributed by atoms with van der Waals surface area (Å²) >= 11 is 0. The van der Waals surface area contributed by atoms with Crippen LogP contribution in [0, 0.1) is 21.4 Å². The molecule has 0 atom stereocenters. The molecule has 0 amide bonds. The Morgan fingerprint density at radius 3 is 2.29 bits per heavy atom. The Morgan fingerprint density at radius 2 is 1.81 bits per heavy atom. The summed E-state index contributed by atoms with van der Waals surface area (Å²) in [7, 11) is 0. The lowest BCUT2D eigenvalue weighted by molar-refractivity contribution is -0.384. The van der Waals surface area contributed by atoms with Crippen LogP contribution in [0.4, 0.5) is 5.69 Å². The van der Waals surface area contributed by atoms with Crippen molar-refractivity contribution in [2.24, 2.45) is 0 Å². The third-order valence-electron chi connectivity index (χ3n) is 3.13. The van der Waals surface area contributed by atoms with Crippen LogP contribution in [0.1, 0.15) is 25.5 Å². The molecule has 1 aromatic heterocycles. The Hall–Kier alpha value is -2.94. The summed E-state index contributed by atoms with van der Waals surface area (Å²) in [5.74, 6) is 0. The average molecular weight is 283 g/mol. The maximum Gasteiger partial charge on any atom is 0.269 e. The number of aromatic nitrogens is 1. The molecule has 6 heteroatoms. The van der Waals surface area contributed by atoms with Crippen LogP contribution in [0.15, 0.2) is 41.2 Å². The number of rotatable bonds is 3. The standard InChI is InChI=1S/C15H13N3O3/c1-10(2)17-14(8-5-12(9-16)15(17)19)11-3-6-13(7-4-11)18(20)21/h3-8,10H,1-2H3. The van der Waals surface area contributed by atoms with Crippen LogP contribution in [0.25, 0.3) is 11.3 Å². The molecule has 1 aromatic carbocycles. The number of nitro groups is 1. The van der Waals surface area contributed by atoms with Gasteiger partial charge < -0.3 is 4.57 Å². The fraction of sp³-hybridized carbons (Fsp3) is 0.200. The highest BCUT2D eigenvalue weighted by Gasteiger charge is 2.14. The first kappa shape index (κ1) is 14.5. The molecule has 106 valence electrons. The molecule has 0 spiro atoms. The van der Waals surface area contributed by atoms with Crippen LogP contribution < -0.4 is 5.56 Å².